The van der Waals surface area contributed by atoms with Gasteiger partial charge in [0.2, 0.25) is 0 Å². The summed E-state index contributed by atoms with van der Waals surface area (Å²) in [7, 11) is 0. The van der Waals surface area contributed by atoms with E-state index in [2.05, 4.69) is 113 Å². The van der Waals surface area contributed by atoms with Gasteiger partial charge in [0.25, 0.3) is 0 Å². The molecule has 1 N–H and O–H groups in total. The molecule has 0 radical (unpaired) electrons. The third-order valence-electron chi connectivity index (χ3n) is 5.82. The molecule has 0 bridgehead atoms. The van der Waals surface area contributed by atoms with Gasteiger partial charge in [-0.15, -0.1) is 0 Å². The van der Waals surface area contributed by atoms with Crippen molar-refractivity contribution in [2.24, 2.45) is 0 Å². The third kappa shape index (κ3) is 5.18. The van der Waals surface area contributed by atoms with Crippen LogP contribution >= 0.6 is 0 Å². The first-order valence-corrected chi connectivity index (χ1v) is 11.5. The predicted molar refractivity (Wildman–Crippen MR) is 133 cm³/mol. The molecular weight excluding hydrogens is 378 g/mol. The highest BCUT2D eigenvalue weighted by molar-refractivity contribution is 5.99. The number of unbranched alkanes of at least 4 members (excludes halogenated alkanes) is 2. The first-order valence-electron chi connectivity index (χ1n) is 11.5. The Kier molecular flexibility index (Phi) is 7.41. The average Bonchev–Trinajstić information content (AvgIpc) is 3.22. The van der Waals surface area contributed by atoms with Crippen LogP contribution in [0.3, 0.4) is 0 Å². The summed E-state index contributed by atoms with van der Waals surface area (Å²) in [5.41, 5.74) is 6.42. The van der Waals surface area contributed by atoms with E-state index in [0.717, 1.165) is 26.3 Å². The molecule has 0 unspecified atom stereocenters. The number of nitrogens with one attached hydrogen (secondary N) is 1. The van der Waals surface area contributed by atoms with Gasteiger partial charge in [-0.1, -0.05) is 92.2 Å². The molecule has 1 aliphatic heterocycles. The maximum absolute atomic E-state index is 3.44. The smallest absolute Gasteiger partial charge is 0.0953 e. The summed E-state index contributed by atoms with van der Waals surface area (Å²) in [4.78, 5) is 5.04. The Labute approximate surface area is 187 Å². The second kappa shape index (κ2) is 10.8. The SMILES string of the molecule is CCNCCCCCN1CN(c2ccccc2)C(c2ccccc2)=C1c1ccccc1. The lowest BCUT2D eigenvalue weighted by Gasteiger charge is -2.25. The molecule has 0 aliphatic carbocycles. The van der Waals surface area contributed by atoms with Crippen molar-refractivity contribution in [1.82, 2.24) is 10.2 Å². The zero-order valence-corrected chi connectivity index (χ0v) is 18.5. The summed E-state index contributed by atoms with van der Waals surface area (Å²) < 4.78 is 0. The van der Waals surface area contributed by atoms with Crippen molar-refractivity contribution in [2.75, 3.05) is 31.2 Å². The van der Waals surface area contributed by atoms with Crippen LogP contribution in [-0.4, -0.2) is 31.2 Å². The number of para-hydroxylation sites is 1. The van der Waals surface area contributed by atoms with Gasteiger partial charge in [0.1, 0.15) is 0 Å². The van der Waals surface area contributed by atoms with Gasteiger partial charge in [0.15, 0.2) is 0 Å². The third-order valence-corrected chi connectivity index (χ3v) is 5.82. The van der Waals surface area contributed by atoms with Gasteiger partial charge in [-0.3, -0.25) is 0 Å². The molecule has 31 heavy (non-hydrogen) atoms. The Hall–Kier alpha value is -3.04. The zero-order chi connectivity index (χ0) is 21.3. The van der Waals surface area contributed by atoms with E-state index in [9.17, 15) is 0 Å². The molecule has 0 atom stereocenters. The molecule has 3 aromatic rings. The Bertz CT molecular complexity index is 951. The van der Waals surface area contributed by atoms with E-state index in [-0.39, 0.29) is 0 Å². The predicted octanol–water partition coefficient (Wildman–Crippen LogP) is 6.07. The Morgan fingerprint density at radius 1 is 0.677 bits per heavy atom. The molecule has 0 aromatic heterocycles. The molecule has 1 aliphatic rings. The standard InChI is InChI=1S/C28H33N3/c1-2-29-21-13-6-14-22-30-23-31(26-19-11-5-12-20-26)28(25-17-9-4-10-18-25)27(30)24-15-7-3-8-16-24/h3-5,7-12,15-20,29H,2,6,13-14,21-23H2,1H3. The summed E-state index contributed by atoms with van der Waals surface area (Å²) in [5, 5.41) is 3.44. The van der Waals surface area contributed by atoms with Gasteiger partial charge in [-0.25, -0.2) is 0 Å². The normalized spacial score (nSPS) is 13.8. The van der Waals surface area contributed by atoms with E-state index in [0.29, 0.717) is 0 Å². The lowest BCUT2D eigenvalue weighted by atomic mass is 10.0. The van der Waals surface area contributed by atoms with E-state index in [1.54, 1.807) is 0 Å². The topological polar surface area (TPSA) is 18.5 Å². The summed E-state index contributed by atoms with van der Waals surface area (Å²) in [6, 6.07) is 32.5. The fourth-order valence-corrected chi connectivity index (χ4v) is 4.30. The Morgan fingerprint density at radius 2 is 1.26 bits per heavy atom. The van der Waals surface area contributed by atoms with Gasteiger partial charge in [0, 0.05) is 23.4 Å². The van der Waals surface area contributed by atoms with E-state index in [1.165, 1.54) is 47.5 Å². The maximum atomic E-state index is 3.44. The van der Waals surface area contributed by atoms with Crippen LogP contribution in [0.5, 0.6) is 0 Å². The quantitative estimate of drug-likeness (QED) is 0.408. The molecule has 0 amide bonds. The Balaban J connectivity index is 1.69. The van der Waals surface area contributed by atoms with Crippen LogP contribution < -0.4 is 10.2 Å². The molecule has 4 rings (SSSR count). The van der Waals surface area contributed by atoms with Crippen molar-refractivity contribution in [1.29, 1.82) is 0 Å². The van der Waals surface area contributed by atoms with Gasteiger partial charge >= 0.3 is 0 Å². The molecule has 0 saturated carbocycles. The van der Waals surface area contributed by atoms with Gasteiger partial charge < -0.3 is 15.1 Å². The van der Waals surface area contributed by atoms with Crippen molar-refractivity contribution >= 4 is 17.1 Å². The lowest BCUT2D eigenvalue weighted by molar-refractivity contribution is 0.406. The fraction of sp³-hybridized carbons (Fsp3) is 0.286. The molecule has 3 nitrogen and oxygen atoms in total. The first-order chi connectivity index (χ1) is 15.4. The van der Waals surface area contributed by atoms with Gasteiger partial charge in [0.05, 0.1) is 18.1 Å². The van der Waals surface area contributed by atoms with Crippen LogP contribution in [0.2, 0.25) is 0 Å². The van der Waals surface area contributed by atoms with Crippen molar-refractivity contribution in [2.45, 2.75) is 26.2 Å². The summed E-state index contributed by atoms with van der Waals surface area (Å²) in [6.07, 6.45) is 3.68. The molecular formula is C28H33N3. The fourth-order valence-electron chi connectivity index (χ4n) is 4.30. The lowest BCUT2D eigenvalue weighted by Crippen LogP contribution is -2.28. The molecule has 0 spiro atoms. The number of rotatable bonds is 10. The molecule has 0 fully saturated rings. The number of hydrogen-bond acceptors (Lipinski definition) is 3. The maximum Gasteiger partial charge on any atom is 0.0953 e. The highest BCUT2D eigenvalue weighted by atomic mass is 15.4. The van der Waals surface area contributed by atoms with Crippen LogP contribution in [0.1, 0.15) is 37.3 Å². The van der Waals surface area contributed by atoms with Crippen LogP contribution in [-0.2, 0) is 0 Å². The summed E-state index contributed by atoms with van der Waals surface area (Å²) in [5.74, 6) is 0. The Morgan fingerprint density at radius 3 is 1.87 bits per heavy atom. The van der Waals surface area contributed by atoms with Crippen LogP contribution in [0.15, 0.2) is 91.0 Å². The highest BCUT2D eigenvalue weighted by Crippen LogP contribution is 2.40. The highest BCUT2D eigenvalue weighted by Gasteiger charge is 2.31. The van der Waals surface area contributed by atoms with Crippen molar-refractivity contribution < 1.29 is 0 Å². The van der Waals surface area contributed by atoms with Gasteiger partial charge in [-0.05, 0) is 38.1 Å². The van der Waals surface area contributed by atoms with Crippen molar-refractivity contribution in [3.8, 4) is 0 Å². The molecule has 1 heterocycles. The largest absolute Gasteiger partial charge is 0.351 e. The molecule has 160 valence electrons. The average molecular weight is 412 g/mol. The van der Waals surface area contributed by atoms with Crippen LogP contribution in [0.4, 0.5) is 5.69 Å². The molecule has 3 aromatic carbocycles. The van der Waals surface area contributed by atoms with E-state index >= 15 is 0 Å². The zero-order valence-electron chi connectivity index (χ0n) is 18.5. The van der Waals surface area contributed by atoms with E-state index < -0.39 is 0 Å². The minimum atomic E-state index is 0.881. The number of anilines is 1. The van der Waals surface area contributed by atoms with Crippen LogP contribution in [0, 0.1) is 0 Å². The summed E-state index contributed by atoms with van der Waals surface area (Å²) in [6.45, 7) is 6.29. The number of nitrogens with zero attached hydrogens (tertiary/aromatic N) is 2. The van der Waals surface area contributed by atoms with Crippen LogP contribution in [0.25, 0.3) is 11.4 Å². The second-order valence-corrected chi connectivity index (χ2v) is 8.01. The number of benzene rings is 3. The van der Waals surface area contributed by atoms with Crippen molar-refractivity contribution in [3.05, 3.63) is 102 Å². The number of hydrogen-bond donors (Lipinski definition) is 1. The van der Waals surface area contributed by atoms with Gasteiger partial charge in [-0.2, -0.15) is 0 Å². The summed E-state index contributed by atoms with van der Waals surface area (Å²) >= 11 is 0. The monoisotopic (exact) mass is 411 g/mol. The molecule has 0 saturated heterocycles. The van der Waals surface area contributed by atoms with E-state index in [4.69, 9.17) is 0 Å². The molecule has 3 heteroatoms. The minimum absolute atomic E-state index is 0.881. The first kappa shape index (κ1) is 21.2. The minimum Gasteiger partial charge on any atom is -0.351 e. The van der Waals surface area contributed by atoms with Crippen molar-refractivity contribution in [3.63, 3.8) is 0 Å². The second-order valence-electron chi connectivity index (χ2n) is 8.01. The van der Waals surface area contributed by atoms with E-state index in [1.807, 2.05) is 0 Å².